The molecule has 0 aliphatic carbocycles. The summed E-state index contributed by atoms with van der Waals surface area (Å²) in [7, 11) is 0. The summed E-state index contributed by atoms with van der Waals surface area (Å²) < 4.78 is 5.64. The summed E-state index contributed by atoms with van der Waals surface area (Å²) >= 11 is 0. The lowest BCUT2D eigenvalue weighted by atomic mass is 10.2. The Morgan fingerprint density at radius 2 is 2.04 bits per heavy atom. The number of hydrazone groups is 1. The van der Waals surface area contributed by atoms with Crippen molar-refractivity contribution in [1.29, 1.82) is 0 Å². The number of carbonyl (C=O) groups is 1. The minimum Gasteiger partial charge on any atom is -0.494 e. The second-order valence-electron chi connectivity index (χ2n) is 5.04. The molecule has 1 aromatic heterocycles. The predicted molar refractivity (Wildman–Crippen MR) is 90.8 cm³/mol. The summed E-state index contributed by atoms with van der Waals surface area (Å²) in [5.41, 5.74) is 3.66. The average Bonchev–Trinajstić information content (AvgIpc) is 2.60. The number of benzene rings is 1. The summed E-state index contributed by atoms with van der Waals surface area (Å²) in [6.07, 6.45) is 6.59. The lowest BCUT2D eigenvalue weighted by molar-refractivity contribution is 0.0950. The van der Waals surface area contributed by atoms with Gasteiger partial charge in [0, 0.05) is 6.20 Å². The van der Waals surface area contributed by atoms with E-state index in [9.17, 15) is 4.79 Å². The van der Waals surface area contributed by atoms with Crippen LogP contribution >= 0.6 is 0 Å². The number of nitrogens with one attached hydrogen (secondary N) is 1. The number of aromatic nitrogens is 1. The van der Waals surface area contributed by atoms with Gasteiger partial charge in [0.05, 0.1) is 12.8 Å². The Kier molecular flexibility index (Phi) is 6.78. The Bertz CT molecular complexity index is 624. The van der Waals surface area contributed by atoms with E-state index in [0.29, 0.717) is 5.69 Å². The first-order chi connectivity index (χ1) is 11.3. The van der Waals surface area contributed by atoms with Crippen LogP contribution < -0.4 is 10.2 Å². The highest BCUT2D eigenvalue weighted by atomic mass is 16.5. The Labute approximate surface area is 136 Å². The van der Waals surface area contributed by atoms with E-state index in [2.05, 4.69) is 22.4 Å². The van der Waals surface area contributed by atoms with E-state index in [0.717, 1.165) is 24.3 Å². The Hall–Kier alpha value is -2.69. The Morgan fingerprint density at radius 1 is 1.22 bits per heavy atom. The first-order valence-electron chi connectivity index (χ1n) is 7.77. The molecule has 1 aromatic carbocycles. The van der Waals surface area contributed by atoms with Gasteiger partial charge < -0.3 is 4.74 Å². The summed E-state index contributed by atoms with van der Waals surface area (Å²) in [6.45, 7) is 2.90. The molecule has 0 saturated carbocycles. The van der Waals surface area contributed by atoms with E-state index >= 15 is 0 Å². The van der Waals surface area contributed by atoms with Crippen LogP contribution in [-0.4, -0.2) is 23.7 Å². The van der Waals surface area contributed by atoms with Crippen LogP contribution in [0.5, 0.6) is 5.75 Å². The third kappa shape index (κ3) is 5.90. The molecule has 0 aliphatic heterocycles. The highest BCUT2D eigenvalue weighted by Gasteiger charge is 2.03. The summed E-state index contributed by atoms with van der Waals surface area (Å²) in [4.78, 5) is 15.7. The van der Waals surface area contributed by atoms with Gasteiger partial charge in [-0.25, -0.2) is 5.43 Å². The van der Waals surface area contributed by atoms with Gasteiger partial charge in [-0.15, -0.1) is 0 Å². The summed E-state index contributed by atoms with van der Waals surface area (Å²) in [5, 5.41) is 3.93. The fourth-order valence-electron chi connectivity index (χ4n) is 1.91. The number of unbranched alkanes of at least 4 members (excludes halogenated alkanes) is 2. The van der Waals surface area contributed by atoms with E-state index in [4.69, 9.17) is 4.74 Å². The molecule has 5 heteroatoms. The number of nitrogens with zero attached hydrogens (tertiary/aromatic N) is 2. The van der Waals surface area contributed by atoms with Crippen molar-refractivity contribution >= 4 is 12.1 Å². The first-order valence-corrected chi connectivity index (χ1v) is 7.77. The van der Waals surface area contributed by atoms with Crippen LogP contribution in [0.1, 0.15) is 42.2 Å². The van der Waals surface area contributed by atoms with Crippen LogP contribution in [0.2, 0.25) is 0 Å². The van der Waals surface area contributed by atoms with E-state index in [-0.39, 0.29) is 5.91 Å². The second kappa shape index (κ2) is 9.35. The van der Waals surface area contributed by atoms with E-state index in [1.807, 2.05) is 24.3 Å². The molecule has 0 fully saturated rings. The molecule has 1 amide bonds. The normalized spacial score (nSPS) is 10.7. The van der Waals surface area contributed by atoms with Gasteiger partial charge in [0.2, 0.25) is 0 Å². The maximum absolute atomic E-state index is 11.8. The van der Waals surface area contributed by atoms with Crippen molar-refractivity contribution in [2.75, 3.05) is 6.61 Å². The van der Waals surface area contributed by atoms with Crippen molar-refractivity contribution in [2.24, 2.45) is 5.10 Å². The van der Waals surface area contributed by atoms with E-state index in [1.54, 1.807) is 30.6 Å². The first kappa shape index (κ1) is 16.7. The molecule has 0 aliphatic rings. The van der Waals surface area contributed by atoms with Crippen molar-refractivity contribution in [1.82, 2.24) is 10.4 Å². The fourth-order valence-corrected chi connectivity index (χ4v) is 1.91. The van der Waals surface area contributed by atoms with Gasteiger partial charge in [-0.2, -0.15) is 5.10 Å². The third-order valence-corrected chi connectivity index (χ3v) is 3.17. The molecular formula is C18H21N3O2. The molecule has 1 heterocycles. The van der Waals surface area contributed by atoms with E-state index in [1.165, 1.54) is 12.8 Å². The third-order valence-electron chi connectivity index (χ3n) is 3.17. The fraction of sp³-hybridized carbons (Fsp3) is 0.278. The number of pyridine rings is 1. The van der Waals surface area contributed by atoms with Crippen molar-refractivity contribution in [3.63, 3.8) is 0 Å². The Balaban J connectivity index is 1.80. The maximum atomic E-state index is 11.8. The summed E-state index contributed by atoms with van der Waals surface area (Å²) in [6, 6.07) is 12.7. The second-order valence-corrected chi connectivity index (χ2v) is 5.04. The highest BCUT2D eigenvalue weighted by Crippen LogP contribution is 2.11. The molecule has 0 atom stereocenters. The smallest absolute Gasteiger partial charge is 0.289 e. The topological polar surface area (TPSA) is 63.6 Å². The van der Waals surface area contributed by atoms with Crippen LogP contribution in [0.4, 0.5) is 0 Å². The van der Waals surface area contributed by atoms with Crippen LogP contribution in [0.25, 0.3) is 0 Å². The molecule has 0 radical (unpaired) electrons. The zero-order valence-electron chi connectivity index (χ0n) is 13.2. The number of hydrogen-bond donors (Lipinski definition) is 1. The molecule has 0 saturated heterocycles. The zero-order chi connectivity index (χ0) is 16.3. The van der Waals surface area contributed by atoms with Gasteiger partial charge in [-0.1, -0.05) is 25.8 Å². The number of amides is 1. The number of ether oxygens (including phenoxy) is 1. The standard InChI is InChI=1S/C18H21N3O2/c1-2-3-6-13-23-16-10-8-15(9-11-16)14-20-21-18(22)17-7-4-5-12-19-17/h4-5,7-12,14H,2-3,6,13H2,1H3,(H,21,22). The van der Waals surface area contributed by atoms with Crippen molar-refractivity contribution in [2.45, 2.75) is 26.2 Å². The largest absolute Gasteiger partial charge is 0.494 e. The zero-order valence-corrected chi connectivity index (χ0v) is 13.2. The molecule has 1 N–H and O–H groups in total. The number of carbonyl (C=O) groups excluding carboxylic acids is 1. The van der Waals surface area contributed by atoms with Gasteiger partial charge >= 0.3 is 0 Å². The molecule has 0 spiro atoms. The van der Waals surface area contributed by atoms with Gasteiger partial charge in [0.25, 0.3) is 5.91 Å². The number of hydrogen-bond acceptors (Lipinski definition) is 4. The van der Waals surface area contributed by atoms with Crippen LogP contribution in [0.15, 0.2) is 53.8 Å². The lowest BCUT2D eigenvalue weighted by Gasteiger charge is -2.05. The average molecular weight is 311 g/mol. The SMILES string of the molecule is CCCCCOc1ccc(C=NNC(=O)c2ccccn2)cc1. The maximum Gasteiger partial charge on any atom is 0.289 e. The quantitative estimate of drug-likeness (QED) is 0.461. The van der Waals surface area contributed by atoms with Gasteiger partial charge in [0.15, 0.2) is 0 Å². The molecule has 120 valence electrons. The van der Waals surface area contributed by atoms with Crippen LogP contribution in [0.3, 0.4) is 0 Å². The van der Waals surface area contributed by atoms with Crippen molar-refractivity contribution < 1.29 is 9.53 Å². The van der Waals surface area contributed by atoms with Crippen LogP contribution in [0, 0.1) is 0 Å². The van der Waals surface area contributed by atoms with Gasteiger partial charge in [-0.05, 0) is 48.4 Å². The van der Waals surface area contributed by atoms with Gasteiger partial charge in [-0.3, -0.25) is 9.78 Å². The molecule has 23 heavy (non-hydrogen) atoms. The van der Waals surface area contributed by atoms with Crippen molar-refractivity contribution in [3.05, 3.63) is 59.9 Å². The molecule has 5 nitrogen and oxygen atoms in total. The lowest BCUT2D eigenvalue weighted by Crippen LogP contribution is -2.18. The Morgan fingerprint density at radius 3 is 2.74 bits per heavy atom. The molecular weight excluding hydrogens is 290 g/mol. The highest BCUT2D eigenvalue weighted by molar-refractivity contribution is 5.93. The van der Waals surface area contributed by atoms with Crippen LogP contribution in [-0.2, 0) is 0 Å². The van der Waals surface area contributed by atoms with Gasteiger partial charge in [0.1, 0.15) is 11.4 Å². The minimum atomic E-state index is -0.335. The molecule has 0 unspecified atom stereocenters. The molecule has 0 bridgehead atoms. The molecule has 2 aromatic rings. The van der Waals surface area contributed by atoms with Crippen molar-refractivity contribution in [3.8, 4) is 5.75 Å². The predicted octanol–water partition coefficient (Wildman–Crippen LogP) is 3.41. The summed E-state index contributed by atoms with van der Waals surface area (Å²) in [5.74, 6) is 0.508. The number of rotatable bonds is 8. The van der Waals surface area contributed by atoms with E-state index < -0.39 is 0 Å². The monoisotopic (exact) mass is 311 g/mol. The minimum absolute atomic E-state index is 0.334. The molecule has 2 rings (SSSR count).